The predicted molar refractivity (Wildman–Crippen MR) is 181 cm³/mol. The molecule has 0 spiro atoms. The molecule has 6 aromatic carbocycles. The molecule has 0 saturated heterocycles. The van der Waals surface area contributed by atoms with Crippen LogP contribution in [0.25, 0.3) is 78.3 Å². The minimum Gasteiger partial charge on any atom is -0.309 e. The zero-order valence-electron chi connectivity index (χ0n) is 23.2. The molecule has 0 radical (unpaired) electrons. The first-order valence-electron chi connectivity index (χ1n) is 14.3. The summed E-state index contributed by atoms with van der Waals surface area (Å²) < 4.78 is 4.70. The molecule has 2 nitrogen and oxygen atoms in total. The van der Waals surface area contributed by atoms with Gasteiger partial charge in [0, 0.05) is 32.9 Å². The Kier molecular flexibility index (Phi) is 5.48. The van der Waals surface area contributed by atoms with E-state index in [0.29, 0.717) is 0 Å². The molecule has 0 bridgehead atoms. The zero-order chi connectivity index (χ0) is 28.2. The standard InChI is InChI=1S/C40H28N2/c1-3-27-25-29(41-37-17-9-5-13-33(37)34-14-6-10-18-38(34)41)21-23-31(27)32-24-22-30(26-28(32)4-2)42-39-19-11-7-15-35(39)36-16-8-12-20-40(36)42/h3-26H,1-2H2. The van der Waals surface area contributed by atoms with E-state index >= 15 is 0 Å². The van der Waals surface area contributed by atoms with E-state index in [-0.39, 0.29) is 0 Å². The molecule has 0 fully saturated rings. The zero-order valence-corrected chi connectivity index (χ0v) is 23.2. The van der Waals surface area contributed by atoms with Crippen LogP contribution in [0.2, 0.25) is 0 Å². The van der Waals surface area contributed by atoms with Crippen LogP contribution in [0.5, 0.6) is 0 Å². The van der Waals surface area contributed by atoms with Crippen LogP contribution in [-0.2, 0) is 0 Å². The topological polar surface area (TPSA) is 9.86 Å². The van der Waals surface area contributed by atoms with Gasteiger partial charge in [0.15, 0.2) is 0 Å². The van der Waals surface area contributed by atoms with Crippen molar-refractivity contribution in [1.29, 1.82) is 0 Å². The summed E-state index contributed by atoms with van der Waals surface area (Å²) in [6.07, 6.45) is 3.92. The fraction of sp³-hybridized carbons (Fsp3) is 0. The SMILES string of the molecule is C=Cc1cc(-n2c3ccccc3c3ccccc32)ccc1-c1ccc(-n2c3ccccc3c3ccccc32)cc1C=C. The molecule has 42 heavy (non-hydrogen) atoms. The molecule has 0 aliphatic heterocycles. The van der Waals surface area contributed by atoms with Gasteiger partial charge < -0.3 is 9.13 Å². The average Bonchev–Trinajstić information content (AvgIpc) is 3.57. The predicted octanol–water partition coefficient (Wildman–Crippen LogP) is 10.8. The lowest BCUT2D eigenvalue weighted by molar-refractivity contribution is 1.17. The number of nitrogens with zero attached hydrogens (tertiary/aromatic N) is 2. The quantitative estimate of drug-likeness (QED) is 0.207. The third kappa shape index (κ3) is 3.52. The Morgan fingerprint density at radius 1 is 0.381 bits per heavy atom. The molecule has 0 N–H and O–H groups in total. The lowest BCUT2D eigenvalue weighted by Crippen LogP contribution is -1.98. The van der Waals surface area contributed by atoms with Gasteiger partial charge in [-0.25, -0.2) is 0 Å². The van der Waals surface area contributed by atoms with Crippen LogP contribution in [0.4, 0.5) is 0 Å². The van der Waals surface area contributed by atoms with Crippen LogP contribution in [0.1, 0.15) is 11.1 Å². The van der Waals surface area contributed by atoms with Crippen molar-refractivity contribution >= 4 is 55.8 Å². The van der Waals surface area contributed by atoms with E-state index in [2.05, 4.69) is 156 Å². The molecule has 0 aliphatic carbocycles. The normalized spacial score (nSPS) is 11.5. The van der Waals surface area contributed by atoms with Crippen LogP contribution >= 0.6 is 0 Å². The number of benzene rings is 6. The number of para-hydroxylation sites is 4. The first-order valence-corrected chi connectivity index (χ1v) is 14.3. The molecule has 0 unspecified atom stereocenters. The van der Waals surface area contributed by atoms with Crippen molar-refractivity contribution in [3.8, 4) is 22.5 Å². The molecular formula is C40H28N2. The Labute approximate surface area is 244 Å². The molecule has 0 atom stereocenters. The summed E-state index contributed by atoms with van der Waals surface area (Å²) >= 11 is 0. The Hall–Kier alpha value is -5.60. The second-order valence-electron chi connectivity index (χ2n) is 10.7. The number of hydrogen-bond acceptors (Lipinski definition) is 0. The molecule has 0 aliphatic rings. The molecule has 0 amide bonds. The fourth-order valence-electron chi connectivity index (χ4n) is 6.61. The third-order valence-corrected chi connectivity index (χ3v) is 8.48. The Morgan fingerprint density at radius 2 is 0.690 bits per heavy atom. The lowest BCUT2D eigenvalue weighted by Gasteiger charge is -2.16. The van der Waals surface area contributed by atoms with E-state index in [1.165, 1.54) is 43.6 Å². The number of rotatable bonds is 5. The van der Waals surface area contributed by atoms with Gasteiger partial charge in [-0.15, -0.1) is 0 Å². The van der Waals surface area contributed by atoms with E-state index in [9.17, 15) is 0 Å². The van der Waals surface area contributed by atoms with Gasteiger partial charge in [-0.3, -0.25) is 0 Å². The summed E-state index contributed by atoms with van der Waals surface area (Å²) in [6.45, 7) is 8.41. The molecular weight excluding hydrogens is 508 g/mol. The molecule has 2 heterocycles. The second-order valence-corrected chi connectivity index (χ2v) is 10.7. The van der Waals surface area contributed by atoms with Crippen molar-refractivity contribution in [3.05, 3.63) is 158 Å². The maximum absolute atomic E-state index is 4.21. The van der Waals surface area contributed by atoms with Gasteiger partial charge in [-0.1, -0.05) is 110 Å². The first kappa shape index (κ1) is 24.2. The van der Waals surface area contributed by atoms with Crippen molar-refractivity contribution in [1.82, 2.24) is 9.13 Å². The van der Waals surface area contributed by atoms with E-state index in [0.717, 1.165) is 33.6 Å². The smallest absolute Gasteiger partial charge is 0.0541 e. The van der Waals surface area contributed by atoms with Crippen molar-refractivity contribution in [2.75, 3.05) is 0 Å². The van der Waals surface area contributed by atoms with Gasteiger partial charge >= 0.3 is 0 Å². The lowest BCUT2D eigenvalue weighted by atomic mass is 9.94. The maximum Gasteiger partial charge on any atom is 0.0541 e. The maximum atomic E-state index is 4.21. The Bertz CT molecular complexity index is 2070. The summed E-state index contributed by atoms with van der Waals surface area (Å²) in [7, 11) is 0. The van der Waals surface area contributed by atoms with Gasteiger partial charge in [-0.05, 0) is 70.8 Å². The molecule has 8 rings (SSSR count). The Balaban J connectivity index is 1.29. The van der Waals surface area contributed by atoms with Crippen LogP contribution in [-0.4, -0.2) is 9.13 Å². The van der Waals surface area contributed by atoms with E-state index < -0.39 is 0 Å². The van der Waals surface area contributed by atoms with Crippen LogP contribution in [0.3, 0.4) is 0 Å². The van der Waals surface area contributed by atoms with Gasteiger partial charge in [0.1, 0.15) is 0 Å². The Morgan fingerprint density at radius 3 is 1.00 bits per heavy atom. The average molecular weight is 537 g/mol. The van der Waals surface area contributed by atoms with Gasteiger partial charge in [0.05, 0.1) is 22.1 Å². The van der Waals surface area contributed by atoms with Crippen LogP contribution in [0.15, 0.2) is 147 Å². The number of fused-ring (bicyclic) bond motifs is 6. The van der Waals surface area contributed by atoms with Crippen molar-refractivity contribution in [2.24, 2.45) is 0 Å². The summed E-state index contributed by atoms with van der Waals surface area (Å²) in [5.41, 5.74) is 11.5. The van der Waals surface area contributed by atoms with Crippen molar-refractivity contribution in [2.45, 2.75) is 0 Å². The minimum absolute atomic E-state index is 1.09. The van der Waals surface area contributed by atoms with Gasteiger partial charge in [0.25, 0.3) is 0 Å². The molecule has 0 saturated carbocycles. The highest BCUT2D eigenvalue weighted by molar-refractivity contribution is 6.10. The highest BCUT2D eigenvalue weighted by Gasteiger charge is 2.16. The molecule has 8 aromatic rings. The molecule has 198 valence electrons. The number of aromatic nitrogens is 2. The minimum atomic E-state index is 1.09. The van der Waals surface area contributed by atoms with Crippen LogP contribution < -0.4 is 0 Å². The summed E-state index contributed by atoms with van der Waals surface area (Å²) in [6, 6.07) is 47.8. The first-order chi connectivity index (χ1) is 20.8. The highest BCUT2D eigenvalue weighted by Crippen LogP contribution is 2.37. The third-order valence-electron chi connectivity index (χ3n) is 8.48. The van der Waals surface area contributed by atoms with E-state index in [1.807, 2.05) is 12.2 Å². The number of hydrogen-bond donors (Lipinski definition) is 0. The van der Waals surface area contributed by atoms with Gasteiger partial charge in [-0.2, -0.15) is 0 Å². The largest absolute Gasteiger partial charge is 0.309 e. The van der Waals surface area contributed by atoms with Crippen LogP contribution in [0, 0.1) is 0 Å². The van der Waals surface area contributed by atoms with E-state index in [4.69, 9.17) is 0 Å². The molecule has 2 heteroatoms. The summed E-state index contributed by atoms with van der Waals surface area (Å²) in [5.74, 6) is 0. The molecule has 2 aromatic heterocycles. The van der Waals surface area contributed by atoms with E-state index in [1.54, 1.807) is 0 Å². The fourth-order valence-corrected chi connectivity index (χ4v) is 6.61. The highest BCUT2D eigenvalue weighted by atomic mass is 15.0. The summed E-state index contributed by atoms with van der Waals surface area (Å²) in [4.78, 5) is 0. The monoisotopic (exact) mass is 536 g/mol. The van der Waals surface area contributed by atoms with Gasteiger partial charge in [0.2, 0.25) is 0 Å². The second kappa shape index (κ2) is 9.50. The van der Waals surface area contributed by atoms with Crippen molar-refractivity contribution in [3.63, 3.8) is 0 Å². The van der Waals surface area contributed by atoms with Crippen molar-refractivity contribution < 1.29 is 0 Å². The summed E-state index contributed by atoms with van der Waals surface area (Å²) in [5, 5.41) is 5.03.